The largest absolute Gasteiger partial charge is 0.493 e. The lowest BCUT2D eigenvalue weighted by Crippen LogP contribution is -2.38. The molecule has 1 aliphatic heterocycles. The van der Waals surface area contributed by atoms with Gasteiger partial charge in [-0.3, -0.25) is 9.59 Å². The zero-order valence-electron chi connectivity index (χ0n) is 21.2. The Bertz CT molecular complexity index is 1420. The minimum atomic E-state index is -4.38. The molecule has 198 valence electrons. The molecule has 1 aliphatic rings. The first-order chi connectivity index (χ1) is 17.6. The van der Waals surface area contributed by atoms with Gasteiger partial charge in [0.2, 0.25) is 0 Å². The summed E-state index contributed by atoms with van der Waals surface area (Å²) in [5, 5.41) is 0. The summed E-state index contributed by atoms with van der Waals surface area (Å²) in [6, 6.07) is 13.4. The molecule has 0 atom stereocenters. The molecule has 0 spiro atoms. The Balaban J connectivity index is 0.00000400. The first-order valence-corrected chi connectivity index (χ1v) is 13.9. The second kappa shape index (κ2) is 11.2. The minimum Gasteiger partial charge on any atom is -0.493 e. The fourth-order valence-electron chi connectivity index (χ4n) is 4.08. The number of pyridine rings is 2. The van der Waals surface area contributed by atoms with Crippen LogP contribution in [0.4, 0.5) is 5.82 Å². The highest BCUT2D eigenvalue weighted by Gasteiger charge is 2.27. The van der Waals surface area contributed by atoms with Crippen molar-refractivity contribution in [3.05, 3.63) is 70.6 Å². The fraction of sp³-hybridized carbons (Fsp3) is 0.370. The highest BCUT2D eigenvalue weighted by molar-refractivity contribution is 7.90. The molecular weight excluding hydrogens is 492 g/mol. The number of H-pyrrole nitrogens is 1. The van der Waals surface area contributed by atoms with E-state index >= 15 is 0 Å². The maximum Gasteiger partial charge on any atom is 0.269 e. The molecule has 1 saturated heterocycles. The molecule has 3 aromatic rings. The molecule has 1 aromatic carbocycles. The number of hydrogen-bond donors (Lipinski definition) is 2. The van der Waals surface area contributed by atoms with Crippen molar-refractivity contribution < 1.29 is 19.4 Å². The SMILES string of the molecule is CC(C)COc1ccc(-c2ccc(C(=O)NS(=O)(=O)c3ccc[nH]c3=O)c(N3CCC(C)CC3)n2)cc1.[HH]. The number of amides is 1. The van der Waals surface area contributed by atoms with Crippen molar-refractivity contribution in [2.45, 2.75) is 38.5 Å². The molecule has 0 unspecified atom stereocenters. The lowest BCUT2D eigenvalue weighted by Gasteiger charge is -2.32. The summed E-state index contributed by atoms with van der Waals surface area (Å²) in [6.07, 6.45) is 3.20. The number of nitrogens with one attached hydrogen (secondary N) is 2. The van der Waals surface area contributed by atoms with Crippen LogP contribution in [-0.2, 0) is 10.0 Å². The van der Waals surface area contributed by atoms with E-state index in [1.54, 1.807) is 12.1 Å². The Morgan fingerprint density at radius 2 is 1.86 bits per heavy atom. The Morgan fingerprint density at radius 3 is 2.51 bits per heavy atom. The normalized spacial score (nSPS) is 14.5. The number of ether oxygens (including phenoxy) is 1. The predicted molar refractivity (Wildman–Crippen MR) is 144 cm³/mol. The molecule has 0 bridgehead atoms. The van der Waals surface area contributed by atoms with Gasteiger partial charge in [-0.1, -0.05) is 20.8 Å². The zero-order chi connectivity index (χ0) is 26.6. The van der Waals surface area contributed by atoms with Crippen LogP contribution in [0.2, 0.25) is 0 Å². The summed E-state index contributed by atoms with van der Waals surface area (Å²) >= 11 is 0. The number of anilines is 1. The number of sulfonamides is 1. The molecule has 9 nitrogen and oxygen atoms in total. The zero-order valence-corrected chi connectivity index (χ0v) is 22.0. The number of benzene rings is 1. The summed E-state index contributed by atoms with van der Waals surface area (Å²) in [6.45, 7) is 8.37. The van der Waals surface area contributed by atoms with Crippen LogP contribution in [0.3, 0.4) is 0 Å². The van der Waals surface area contributed by atoms with Gasteiger partial charge in [-0.2, -0.15) is 0 Å². The summed E-state index contributed by atoms with van der Waals surface area (Å²) in [7, 11) is -4.38. The van der Waals surface area contributed by atoms with E-state index in [1.165, 1.54) is 12.3 Å². The van der Waals surface area contributed by atoms with Gasteiger partial charge in [0.05, 0.1) is 17.9 Å². The molecule has 1 fully saturated rings. The molecule has 0 saturated carbocycles. The van der Waals surface area contributed by atoms with E-state index in [9.17, 15) is 18.0 Å². The van der Waals surface area contributed by atoms with Gasteiger partial charge in [0.15, 0.2) is 4.90 Å². The molecule has 0 radical (unpaired) electrons. The average molecular weight is 527 g/mol. The molecule has 0 aliphatic carbocycles. The van der Waals surface area contributed by atoms with Gasteiger partial charge in [0, 0.05) is 26.3 Å². The van der Waals surface area contributed by atoms with Crippen molar-refractivity contribution in [3.8, 4) is 17.0 Å². The smallest absolute Gasteiger partial charge is 0.269 e. The van der Waals surface area contributed by atoms with Gasteiger partial charge >= 0.3 is 0 Å². The highest BCUT2D eigenvalue weighted by atomic mass is 32.2. The van der Waals surface area contributed by atoms with Gasteiger partial charge < -0.3 is 14.6 Å². The first-order valence-electron chi connectivity index (χ1n) is 12.4. The van der Waals surface area contributed by atoms with Crippen LogP contribution in [0.25, 0.3) is 11.3 Å². The summed E-state index contributed by atoms with van der Waals surface area (Å²) in [5.41, 5.74) is 0.829. The van der Waals surface area contributed by atoms with Gasteiger partial charge in [0.25, 0.3) is 21.5 Å². The van der Waals surface area contributed by atoms with Crippen molar-refractivity contribution in [2.75, 3.05) is 24.6 Å². The van der Waals surface area contributed by atoms with E-state index in [4.69, 9.17) is 9.72 Å². The number of piperidine rings is 1. The third-order valence-corrected chi connectivity index (χ3v) is 7.59. The molecular formula is C27H34N4O5S. The van der Waals surface area contributed by atoms with Crippen molar-refractivity contribution in [1.29, 1.82) is 0 Å². The van der Waals surface area contributed by atoms with E-state index < -0.39 is 26.4 Å². The minimum absolute atomic E-state index is 0. The number of aromatic amines is 1. The van der Waals surface area contributed by atoms with Crippen molar-refractivity contribution in [1.82, 2.24) is 14.7 Å². The van der Waals surface area contributed by atoms with Crippen molar-refractivity contribution in [2.24, 2.45) is 11.8 Å². The number of rotatable bonds is 8. The van der Waals surface area contributed by atoms with E-state index in [0.717, 1.165) is 30.2 Å². The van der Waals surface area contributed by atoms with Crippen molar-refractivity contribution in [3.63, 3.8) is 0 Å². The summed E-state index contributed by atoms with van der Waals surface area (Å²) in [4.78, 5) is 33.8. The highest BCUT2D eigenvalue weighted by Crippen LogP contribution is 2.29. The number of carbonyl (C=O) groups excluding carboxylic acids is 1. The first kappa shape index (κ1) is 26.4. The van der Waals surface area contributed by atoms with E-state index in [2.05, 4.69) is 25.8 Å². The molecule has 3 heterocycles. The monoisotopic (exact) mass is 526 g/mol. The van der Waals surface area contributed by atoms with Crippen molar-refractivity contribution >= 4 is 21.7 Å². The fourth-order valence-corrected chi connectivity index (χ4v) is 5.11. The Hall–Kier alpha value is -3.66. The maximum atomic E-state index is 13.2. The maximum absolute atomic E-state index is 13.2. The van der Waals surface area contributed by atoms with Crippen LogP contribution in [-0.4, -0.2) is 44.0 Å². The van der Waals surface area contributed by atoms with Crippen LogP contribution in [0.15, 0.2) is 64.4 Å². The van der Waals surface area contributed by atoms with Gasteiger partial charge in [-0.25, -0.2) is 18.1 Å². The van der Waals surface area contributed by atoms with Crippen LogP contribution < -0.4 is 19.9 Å². The van der Waals surface area contributed by atoms with E-state index in [0.29, 0.717) is 43.0 Å². The second-order valence-corrected chi connectivity index (χ2v) is 11.4. The second-order valence-electron chi connectivity index (χ2n) is 9.76. The summed E-state index contributed by atoms with van der Waals surface area (Å²) < 4.78 is 33.4. The quantitative estimate of drug-likeness (QED) is 0.454. The third kappa shape index (κ3) is 6.37. The van der Waals surface area contributed by atoms with Gasteiger partial charge in [-0.15, -0.1) is 0 Å². The molecule has 2 N–H and O–H groups in total. The standard InChI is InChI=1S/C27H32N4O5S.H2/c1-18(2)17-36-21-8-6-20(7-9-21)23-11-10-22(25(29-23)31-15-12-19(3)13-16-31)26(32)30-37(34,35)24-5-4-14-28-27(24)33;/h4-11,14,18-19H,12-13,15-17H2,1-3H3,(H,28,33)(H,30,32);1H. The molecule has 1 amide bonds. The van der Waals surface area contributed by atoms with Gasteiger partial charge in [-0.05, 0) is 73.2 Å². The predicted octanol–water partition coefficient (Wildman–Crippen LogP) is 4.07. The number of hydrogen-bond acceptors (Lipinski definition) is 7. The Kier molecular flexibility index (Phi) is 7.97. The third-order valence-electron chi connectivity index (χ3n) is 6.23. The lowest BCUT2D eigenvalue weighted by atomic mass is 9.98. The Labute approximate surface area is 218 Å². The topological polar surface area (TPSA) is 121 Å². The van der Waals surface area contributed by atoms with Gasteiger partial charge in [0.1, 0.15) is 11.6 Å². The molecule has 10 heteroatoms. The van der Waals surface area contributed by atoms with Crippen LogP contribution in [0.1, 0.15) is 45.4 Å². The lowest BCUT2D eigenvalue weighted by molar-refractivity contribution is 0.0981. The molecule has 2 aromatic heterocycles. The van der Waals surface area contributed by atoms with E-state index in [1.807, 2.05) is 33.9 Å². The molecule has 4 rings (SSSR count). The van der Waals surface area contributed by atoms with Crippen LogP contribution in [0, 0.1) is 11.8 Å². The summed E-state index contributed by atoms with van der Waals surface area (Å²) in [5.74, 6) is 1.31. The Morgan fingerprint density at radius 1 is 1.16 bits per heavy atom. The number of aromatic nitrogens is 2. The number of carbonyl (C=O) groups is 1. The van der Waals surface area contributed by atoms with Crippen LogP contribution in [0.5, 0.6) is 5.75 Å². The molecule has 37 heavy (non-hydrogen) atoms. The van der Waals surface area contributed by atoms with E-state index in [-0.39, 0.29) is 6.99 Å². The number of nitrogens with zero attached hydrogens (tertiary/aromatic N) is 2. The van der Waals surface area contributed by atoms with Crippen LogP contribution >= 0.6 is 0 Å². The average Bonchev–Trinajstić information content (AvgIpc) is 2.88.